The van der Waals surface area contributed by atoms with Gasteiger partial charge in [-0.05, 0) is 52.0 Å². The smallest absolute Gasteiger partial charge is 0.267 e. The molecule has 0 saturated heterocycles. The molecule has 0 spiro atoms. The molecule has 130 valence electrons. The van der Waals surface area contributed by atoms with Gasteiger partial charge in [0.15, 0.2) is 0 Å². The SMILES string of the molecule is C/C(=N\NC(=O)c1ccc(C(=O)N/N=C(\C)C(C)S)cc1)C(C)S. The summed E-state index contributed by atoms with van der Waals surface area (Å²) in [7, 11) is 0. The highest BCUT2D eigenvalue weighted by molar-refractivity contribution is 7.82. The molecule has 2 atom stereocenters. The van der Waals surface area contributed by atoms with Crippen molar-refractivity contribution in [1.82, 2.24) is 10.9 Å². The Morgan fingerprint density at radius 2 is 1.12 bits per heavy atom. The van der Waals surface area contributed by atoms with Gasteiger partial charge in [0.25, 0.3) is 11.8 Å². The third-order valence-electron chi connectivity index (χ3n) is 3.29. The van der Waals surface area contributed by atoms with Crippen molar-refractivity contribution < 1.29 is 9.59 Å². The fourth-order valence-corrected chi connectivity index (χ4v) is 1.48. The van der Waals surface area contributed by atoms with Crippen LogP contribution in [0.2, 0.25) is 0 Å². The lowest BCUT2D eigenvalue weighted by Gasteiger charge is -2.06. The lowest BCUT2D eigenvalue weighted by Crippen LogP contribution is -2.22. The summed E-state index contributed by atoms with van der Waals surface area (Å²) in [6.07, 6.45) is 0. The summed E-state index contributed by atoms with van der Waals surface area (Å²) in [5, 5.41) is 7.84. The molecule has 0 heterocycles. The number of nitrogens with zero attached hydrogens (tertiary/aromatic N) is 2. The van der Waals surface area contributed by atoms with Crippen LogP contribution < -0.4 is 10.9 Å². The average Bonchev–Trinajstić information content (AvgIpc) is 2.56. The molecule has 0 aliphatic rings. The molecule has 0 fully saturated rings. The van der Waals surface area contributed by atoms with Gasteiger partial charge < -0.3 is 0 Å². The maximum absolute atomic E-state index is 12.0. The zero-order valence-electron chi connectivity index (χ0n) is 14.1. The Labute approximate surface area is 153 Å². The molecule has 1 rings (SSSR count). The van der Waals surface area contributed by atoms with Crippen molar-refractivity contribution in [2.24, 2.45) is 10.2 Å². The first-order valence-electron chi connectivity index (χ1n) is 7.37. The van der Waals surface area contributed by atoms with Crippen molar-refractivity contribution in [2.75, 3.05) is 0 Å². The largest absolute Gasteiger partial charge is 0.271 e. The lowest BCUT2D eigenvalue weighted by atomic mass is 10.1. The number of thiol groups is 2. The maximum atomic E-state index is 12.0. The molecule has 6 nitrogen and oxygen atoms in total. The Balaban J connectivity index is 2.72. The second-order valence-corrected chi connectivity index (χ2v) is 6.87. The van der Waals surface area contributed by atoms with Gasteiger partial charge in [0.1, 0.15) is 0 Å². The molecule has 0 bridgehead atoms. The normalized spacial score (nSPS) is 14.8. The van der Waals surface area contributed by atoms with Crippen LogP contribution in [0.1, 0.15) is 48.4 Å². The van der Waals surface area contributed by atoms with Crippen molar-refractivity contribution in [3.8, 4) is 0 Å². The molecule has 0 aliphatic carbocycles. The third-order valence-corrected chi connectivity index (χ3v) is 4.03. The zero-order valence-corrected chi connectivity index (χ0v) is 15.9. The van der Waals surface area contributed by atoms with Gasteiger partial charge in [0, 0.05) is 33.1 Å². The molecule has 1 aromatic carbocycles. The van der Waals surface area contributed by atoms with E-state index < -0.39 is 0 Å². The standard InChI is InChI=1S/C16H22N4O2S2/c1-9(11(3)23)17-19-15(21)13-5-7-14(8-6-13)16(22)20-18-10(2)12(4)24/h5-8,11-12,23-24H,1-4H3,(H,19,21)(H,20,22)/b17-9+,18-10+. The minimum atomic E-state index is -0.354. The number of benzene rings is 1. The van der Waals surface area contributed by atoms with Gasteiger partial charge in [-0.15, -0.1) is 0 Å². The van der Waals surface area contributed by atoms with E-state index in [9.17, 15) is 9.59 Å². The highest BCUT2D eigenvalue weighted by atomic mass is 32.1. The Bertz CT molecular complexity index is 596. The maximum Gasteiger partial charge on any atom is 0.271 e. The summed E-state index contributed by atoms with van der Waals surface area (Å²) in [4.78, 5) is 23.9. The first-order valence-corrected chi connectivity index (χ1v) is 8.41. The van der Waals surface area contributed by atoms with Crippen LogP contribution in [0.4, 0.5) is 0 Å². The van der Waals surface area contributed by atoms with Crippen molar-refractivity contribution in [3.05, 3.63) is 35.4 Å². The fourth-order valence-electron chi connectivity index (χ4n) is 1.37. The van der Waals surface area contributed by atoms with Crippen LogP contribution in [-0.4, -0.2) is 33.7 Å². The summed E-state index contributed by atoms with van der Waals surface area (Å²) in [6, 6.07) is 6.21. The summed E-state index contributed by atoms with van der Waals surface area (Å²) in [5.74, 6) is -0.707. The first kappa shape index (κ1) is 20.2. The molecule has 0 aromatic heterocycles. The number of rotatable bonds is 6. The molecule has 2 N–H and O–H groups in total. The average molecular weight is 367 g/mol. The first-order chi connectivity index (χ1) is 11.2. The number of amides is 2. The van der Waals surface area contributed by atoms with E-state index in [2.05, 4.69) is 46.3 Å². The molecule has 0 aliphatic heterocycles. The van der Waals surface area contributed by atoms with Crippen molar-refractivity contribution >= 4 is 48.5 Å². The lowest BCUT2D eigenvalue weighted by molar-refractivity contribution is 0.0943. The summed E-state index contributed by atoms with van der Waals surface area (Å²) < 4.78 is 0. The van der Waals surface area contributed by atoms with Gasteiger partial charge in [-0.1, -0.05) is 0 Å². The number of hydrogen-bond donors (Lipinski definition) is 4. The van der Waals surface area contributed by atoms with Crippen LogP contribution in [-0.2, 0) is 0 Å². The van der Waals surface area contributed by atoms with E-state index in [1.165, 1.54) is 0 Å². The Hall–Kier alpha value is -1.80. The van der Waals surface area contributed by atoms with Crippen LogP contribution in [0, 0.1) is 0 Å². The van der Waals surface area contributed by atoms with Crippen molar-refractivity contribution in [2.45, 2.75) is 38.2 Å². The highest BCUT2D eigenvalue weighted by Gasteiger charge is 2.09. The molecule has 2 unspecified atom stereocenters. The molecule has 0 saturated carbocycles. The second-order valence-electron chi connectivity index (χ2n) is 5.32. The van der Waals surface area contributed by atoms with Crippen LogP contribution in [0.3, 0.4) is 0 Å². The molecule has 8 heteroatoms. The van der Waals surface area contributed by atoms with Gasteiger partial charge in [-0.2, -0.15) is 35.5 Å². The monoisotopic (exact) mass is 366 g/mol. The Morgan fingerprint density at radius 1 is 0.833 bits per heavy atom. The minimum Gasteiger partial charge on any atom is -0.267 e. The summed E-state index contributed by atoms with van der Waals surface area (Å²) in [6.45, 7) is 7.28. The van der Waals surface area contributed by atoms with Gasteiger partial charge in [-0.3, -0.25) is 9.59 Å². The second kappa shape index (κ2) is 9.48. The van der Waals surface area contributed by atoms with Gasteiger partial charge in [-0.25, -0.2) is 10.9 Å². The predicted molar refractivity (Wildman–Crippen MR) is 104 cm³/mol. The zero-order chi connectivity index (χ0) is 18.3. The van der Waals surface area contributed by atoms with Crippen molar-refractivity contribution in [3.63, 3.8) is 0 Å². The number of carbonyl (C=O) groups excluding carboxylic acids is 2. The summed E-state index contributed by atoms with van der Waals surface area (Å²) in [5.41, 5.74) is 7.11. The Morgan fingerprint density at radius 3 is 1.38 bits per heavy atom. The van der Waals surface area contributed by atoms with E-state index in [1.807, 2.05) is 13.8 Å². The van der Waals surface area contributed by atoms with Crippen LogP contribution in [0.5, 0.6) is 0 Å². The Kier molecular flexibility index (Phi) is 8.00. The van der Waals surface area contributed by atoms with E-state index >= 15 is 0 Å². The van der Waals surface area contributed by atoms with E-state index in [4.69, 9.17) is 0 Å². The highest BCUT2D eigenvalue weighted by Crippen LogP contribution is 2.05. The van der Waals surface area contributed by atoms with Crippen molar-refractivity contribution in [1.29, 1.82) is 0 Å². The molecular weight excluding hydrogens is 344 g/mol. The fraction of sp³-hybridized carbons (Fsp3) is 0.375. The molecular formula is C16H22N4O2S2. The van der Waals surface area contributed by atoms with E-state index in [1.54, 1.807) is 38.1 Å². The number of hydrazone groups is 2. The molecule has 1 aromatic rings. The van der Waals surface area contributed by atoms with Crippen LogP contribution in [0.15, 0.2) is 34.5 Å². The van der Waals surface area contributed by atoms with Crippen LogP contribution >= 0.6 is 25.3 Å². The quantitative estimate of drug-likeness (QED) is 0.354. The van der Waals surface area contributed by atoms with E-state index in [-0.39, 0.29) is 22.3 Å². The van der Waals surface area contributed by atoms with Gasteiger partial charge in [0.2, 0.25) is 0 Å². The topological polar surface area (TPSA) is 82.9 Å². The number of hydrogen-bond acceptors (Lipinski definition) is 6. The number of nitrogens with one attached hydrogen (secondary N) is 2. The van der Waals surface area contributed by atoms with E-state index in [0.717, 1.165) is 0 Å². The predicted octanol–water partition coefficient (Wildman–Crippen LogP) is 2.53. The van der Waals surface area contributed by atoms with Gasteiger partial charge in [0.05, 0.1) is 0 Å². The number of carbonyl (C=O) groups is 2. The van der Waals surface area contributed by atoms with E-state index in [0.29, 0.717) is 22.6 Å². The summed E-state index contributed by atoms with van der Waals surface area (Å²) >= 11 is 8.45. The minimum absolute atomic E-state index is 0.0413. The molecule has 2 amide bonds. The van der Waals surface area contributed by atoms with Gasteiger partial charge >= 0.3 is 0 Å². The third kappa shape index (κ3) is 6.37. The van der Waals surface area contributed by atoms with Crippen LogP contribution in [0.25, 0.3) is 0 Å². The molecule has 0 radical (unpaired) electrons. The molecule has 24 heavy (non-hydrogen) atoms.